The van der Waals surface area contributed by atoms with E-state index in [1.54, 1.807) is 0 Å². The highest BCUT2D eigenvalue weighted by Crippen LogP contribution is 2.15. The molecule has 3 rings (SSSR count). The first-order valence-corrected chi connectivity index (χ1v) is 6.83. The van der Waals surface area contributed by atoms with Gasteiger partial charge >= 0.3 is 0 Å². The molecule has 116 valence electrons. The van der Waals surface area contributed by atoms with E-state index < -0.39 is 17.5 Å². The monoisotopic (exact) mass is 314 g/mol. The smallest absolute Gasteiger partial charge is 0.232 e. The van der Waals surface area contributed by atoms with Gasteiger partial charge in [-0.25, -0.2) is 13.8 Å². The van der Waals surface area contributed by atoms with E-state index in [9.17, 15) is 13.6 Å². The van der Waals surface area contributed by atoms with Gasteiger partial charge in [-0.2, -0.15) is 5.10 Å². The predicted molar refractivity (Wildman–Crippen MR) is 80.5 cm³/mol. The highest BCUT2D eigenvalue weighted by atomic mass is 19.2. The van der Waals surface area contributed by atoms with Crippen LogP contribution in [0.3, 0.4) is 0 Å². The molecular formula is C16H12F2N4O. The molecule has 0 saturated carbocycles. The fourth-order valence-corrected chi connectivity index (χ4v) is 2.02. The lowest BCUT2D eigenvalue weighted by Gasteiger charge is -2.04. The van der Waals surface area contributed by atoms with E-state index in [2.05, 4.69) is 20.5 Å². The normalized spacial score (nSPS) is 10.5. The topological polar surface area (TPSA) is 70.7 Å². The van der Waals surface area contributed by atoms with Crippen LogP contribution in [0, 0.1) is 11.6 Å². The molecule has 0 saturated heterocycles. The molecule has 1 aromatic heterocycles. The molecule has 5 nitrogen and oxygen atoms in total. The van der Waals surface area contributed by atoms with Gasteiger partial charge in [-0.15, -0.1) is 0 Å². The minimum atomic E-state index is -1.02. The van der Waals surface area contributed by atoms with Gasteiger partial charge in [0.2, 0.25) is 5.91 Å². The fourth-order valence-electron chi connectivity index (χ4n) is 2.02. The number of nitrogens with one attached hydrogen (secondary N) is 2. The lowest BCUT2D eigenvalue weighted by Crippen LogP contribution is -2.15. The molecule has 1 amide bonds. The number of anilines is 1. The van der Waals surface area contributed by atoms with Crippen molar-refractivity contribution in [1.29, 1.82) is 0 Å². The number of rotatable bonds is 4. The number of aromatic nitrogens is 3. The SMILES string of the molecule is O=C(Cc1nc(-c2ccccc2)n[nH]1)Nc1ccc(F)c(F)c1. The molecule has 3 aromatic rings. The molecule has 0 fully saturated rings. The highest BCUT2D eigenvalue weighted by Gasteiger charge is 2.11. The lowest BCUT2D eigenvalue weighted by atomic mass is 10.2. The Morgan fingerprint density at radius 2 is 1.87 bits per heavy atom. The van der Waals surface area contributed by atoms with Gasteiger partial charge in [0.1, 0.15) is 5.82 Å². The molecule has 0 spiro atoms. The zero-order chi connectivity index (χ0) is 16.2. The van der Waals surface area contributed by atoms with Crippen LogP contribution in [0.15, 0.2) is 48.5 Å². The van der Waals surface area contributed by atoms with Gasteiger partial charge in [0.05, 0.1) is 6.42 Å². The second-order valence-corrected chi connectivity index (χ2v) is 4.83. The summed E-state index contributed by atoms with van der Waals surface area (Å²) in [4.78, 5) is 16.1. The first-order valence-electron chi connectivity index (χ1n) is 6.83. The Bertz CT molecular complexity index is 833. The molecule has 1 heterocycles. The maximum Gasteiger partial charge on any atom is 0.232 e. The highest BCUT2D eigenvalue weighted by molar-refractivity contribution is 5.91. The van der Waals surface area contributed by atoms with Crippen LogP contribution < -0.4 is 5.32 Å². The molecule has 2 aromatic carbocycles. The van der Waals surface area contributed by atoms with Crippen molar-refractivity contribution in [2.75, 3.05) is 5.32 Å². The largest absolute Gasteiger partial charge is 0.326 e. The van der Waals surface area contributed by atoms with Crippen molar-refractivity contribution in [3.8, 4) is 11.4 Å². The number of carbonyl (C=O) groups is 1. The second-order valence-electron chi connectivity index (χ2n) is 4.83. The van der Waals surface area contributed by atoms with Crippen LogP contribution in [-0.4, -0.2) is 21.1 Å². The first kappa shape index (κ1) is 14.8. The Hall–Kier alpha value is -3.09. The molecule has 23 heavy (non-hydrogen) atoms. The van der Waals surface area contributed by atoms with Crippen molar-refractivity contribution in [3.05, 3.63) is 66.0 Å². The molecule has 0 aliphatic heterocycles. The van der Waals surface area contributed by atoms with Gasteiger partial charge in [0.25, 0.3) is 0 Å². The van der Waals surface area contributed by atoms with Crippen LogP contribution in [0.1, 0.15) is 5.82 Å². The summed E-state index contributed by atoms with van der Waals surface area (Å²) in [5.41, 5.74) is 1.01. The van der Waals surface area contributed by atoms with Crippen molar-refractivity contribution < 1.29 is 13.6 Å². The van der Waals surface area contributed by atoms with Crippen LogP contribution in [0.25, 0.3) is 11.4 Å². The molecule has 0 atom stereocenters. The van der Waals surface area contributed by atoms with E-state index in [0.717, 1.165) is 17.7 Å². The molecule has 0 radical (unpaired) electrons. The zero-order valence-electron chi connectivity index (χ0n) is 11.9. The molecule has 2 N–H and O–H groups in total. The summed E-state index contributed by atoms with van der Waals surface area (Å²) in [6.45, 7) is 0. The maximum atomic E-state index is 13.1. The van der Waals surface area contributed by atoms with Crippen molar-refractivity contribution in [3.63, 3.8) is 0 Å². The quantitative estimate of drug-likeness (QED) is 0.778. The summed E-state index contributed by atoms with van der Waals surface area (Å²) >= 11 is 0. The molecule has 0 bridgehead atoms. The third kappa shape index (κ3) is 3.57. The van der Waals surface area contributed by atoms with E-state index in [4.69, 9.17) is 0 Å². The number of halogens is 2. The Kier molecular flexibility index (Phi) is 4.09. The average molecular weight is 314 g/mol. The Balaban J connectivity index is 1.66. The molecule has 0 unspecified atom stereocenters. The standard InChI is InChI=1S/C16H12F2N4O/c17-12-7-6-11(8-13(12)18)19-15(23)9-14-20-16(22-21-14)10-4-2-1-3-5-10/h1-8H,9H2,(H,19,23)(H,20,21,22). The van der Waals surface area contributed by atoms with Crippen LogP contribution in [-0.2, 0) is 11.2 Å². The summed E-state index contributed by atoms with van der Waals surface area (Å²) in [6.07, 6.45) is -0.0567. The number of H-pyrrole nitrogens is 1. The van der Waals surface area contributed by atoms with Crippen LogP contribution in [0.2, 0.25) is 0 Å². The fraction of sp³-hybridized carbons (Fsp3) is 0.0625. The Labute approximate surface area is 130 Å². The summed E-state index contributed by atoms with van der Waals surface area (Å²) in [5, 5.41) is 9.21. The third-order valence-corrected chi connectivity index (χ3v) is 3.10. The van der Waals surface area contributed by atoms with Gasteiger partial charge < -0.3 is 5.32 Å². The van der Waals surface area contributed by atoms with E-state index in [1.165, 1.54) is 6.07 Å². The van der Waals surface area contributed by atoms with Crippen molar-refractivity contribution in [2.45, 2.75) is 6.42 Å². The van der Waals surface area contributed by atoms with E-state index in [-0.39, 0.29) is 12.1 Å². The average Bonchev–Trinajstić information content (AvgIpc) is 3.00. The number of carbonyl (C=O) groups excluding carboxylic acids is 1. The van der Waals surface area contributed by atoms with E-state index in [0.29, 0.717) is 11.6 Å². The van der Waals surface area contributed by atoms with Gasteiger partial charge in [0, 0.05) is 17.3 Å². The number of hydrogen-bond acceptors (Lipinski definition) is 3. The van der Waals surface area contributed by atoms with Gasteiger partial charge in [-0.3, -0.25) is 9.89 Å². The summed E-state index contributed by atoms with van der Waals surface area (Å²) in [7, 11) is 0. The first-order chi connectivity index (χ1) is 11.1. The summed E-state index contributed by atoms with van der Waals surface area (Å²) in [5.74, 6) is -1.53. The number of hydrogen-bond donors (Lipinski definition) is 2. The Morgan fingerprint density at radius 1 is 1.09 bits per heavy atom. The van der Waals surface area contributed by atoms with Gasteiger partial charge in [0.15, 0.2) is 17.5 Å². The number of nitrogens with zero attached hydrogens (tertiary/aromatic N) is 2. The predicted octanol–water partition coefficient (Wildman–Crippen LogP) is 2.93. The van der Waals surface area contributed by atoms with E-state index >= 15 is 0 Å². The molecular weight excluding hydrogens is 302 g/mol. The zero-order valence-corrected chi connectivity index (χ0v) is 11.9. The number of aromatic amines is 1. The van der Waals surface area contributed by atoms with Crippen molar-refractivity contribution in [1.82, 2.24) is 15.2 Å². The van der Waals surface area contributed by atoms with Gasteiger partial charge in [-0.1, -0.05) is 30.3 Å². The van der Waals surface area contributed by atoms with Crippen molar-refractivity contribution >= 4 is 11.6 Å². The van der Waals surface area contributed by atoms with Crippen LogP contribution in [0.5, 0.6) is 0 Å². The number of amides is 1. The minimum Gasteiger partial charge on any atom is -0.326 e. The summed E-state index contributed by atoms with van der Waals surface area (Å²) in [6, 6.07) is 12.5. The number of benzene rings is 2. The second kappa shape index (κ2) is 6.35. The van der Waals surface area contributed by atoms with Crippen LogP contribution in [0.4, 0.5) is 14.5 Å². The van der Waals surface area contributed by atoms with E-state index in [1.807, 2.05) is 30.3 Å². The third-order valence-electron chi connectivity index (χ3n) is 3.10. The molecule has 0 aliphatic carbocycles. The summed E-state index contributed by atoms with van der Waals surface area (Å²) < 4.78 is 25.9. The Morgan fingerprint density at radius 3 is 2.61 bits per heavy atom. The minimum absolute atomic E-state index is 0.0567. The van der Waals surface area contributed by atoms with Crippen LogP contribution >= 0.6 is 0 Å². The molecule has 7 heteroatoms. The molecule has 0 aliphatic rings. The van der Waals surface area contributed by atoms with Crippen molar-refractivity contribution in [2.24, 2.45) is 0 Å². The maximum absolute atomic E-state index is 13.1. The lowest BCUT2D eigenvalue weighted by molar-refractivity contribution is -0.115. The van der Waals surface area contributed by atoms with Gasteiger partial charge in [-0.05, 0) is 12.1 Å².